The highest BCUT2D eigenvalue weighted by molar-refractivity contribution is 7.10. The molecule has 0 saturated carbocycles. The molecular formula is C19H18O5S. The van der Waals surface area contributed by atoms with Crippen LogP contribution in [0.15, 0.2) is 23.6 Å². The number of aryl methyl sites for hydroxylation is 1. The number of Topliss-reactive ketones (excluding diaryl/α,β-unsaturated/α-hetero) is 1. The Labute approximate surface area is 149 Å². The number of ketones is 1. The number of carbonyl (C=O) groups is 2. The van der Waals surface area contributed by atoms with E-state index in [9.17, 15) is 9.59 Å². The van der Waals surface area contributed by atoms with E-state index in [1.807, 2.05) is 5.38 Å². The van der Waals surface area contributed by atoms with E-state index in [1.165, 1.54) is 11.3 Å². The van der Waals surface area contributed by atoms with Crippen LogP contribution in [0.1, 0.15) is 44.0 Å². The van der Waals surface area contributed by atoms with Crippen LogP contribution < -0.4 is 9.47 Å². The van der Waals surface area contributed by atoms with Crippen molar-refractivity contribution in [1.29, 1.82) is 0 Å². The zero-order valence-electron chi connectivity index (χ0n) is 13.7. The first-order valence-electron chi connectivity index (χ1n) is 8.41. The van der Waals surface area contributed by atoms with Crippen LogP contribution in [-0.4, -0.2) is 31.6 Å². The minimum Gasteiger partial charge on any atom is -0.486 e. The molecule has 0 N–H and O–H groups in total. The third-order valence-corrected chi connectivity index (χ3v) is 5.57. The minimum absolute atomic E-state index is 0.255. The average molecular weight is 358 g/mol. The zero-order valence-corrected chi connectivity index (χ0v) is 14.5. The number of ether oxygens (including phenoxy) is 3. The maximum absolute atomic E-state index is 12.3. The quantitative estimate of drug-likeness (QED) is 0.619. The number of hydrogen-bond donors (Lipinski definition) is 0. The summed E-state index contributed by atoms with van der Waals surface area (Å²) >= 11 is 1.61. The monoisotopic (exact) mass is 358 g/mol. The summed E-state index contributed by atoms with van der Waals surface area (Å²) in [6.45, 7) is 0.689. The molecule has 1 aliphatic carbocycles. The second-order valence-corrected chi connectivity index (χ2v) is 7.08. The first-order chi connectivity index (χ1) is 12.2. The number of thiophene rings is 1. The topological polar surface area (TPSA) is 61.8 Å². The van der Waals surface area contributed by atoms with E-state index in [-0.39, 0.29) is 12.4 Å². The average Bonchev–Trinajstić information content (AvgIpc) is 3.09. The Morgan fingerprint density at radius 2 is 1.88 bits per heavy atom. The van der Waals surface area contributed by atoms with Crippen molar-refractivity contribution in [2.45, 2.75) is 25.7 Å². The molecule has 0 atom stereocenters. The van der Waals surface area contributed by atoms with Gasteiger partial charge in [0.15, 0.2) is 23.9 Å². The Hall–Kier alpha value is -2.34. The SMILES string of the molecule is O=C(COC(=O)c1csc2c1CCCC2)c1ccc2c(c1)OCCO2. The molecule has 5 nitrogen and oxygen atoms in total. The van der Waals surface area contributed by atoms with Crippen molar-refractivity contribution < 1.29 is 23.8 Å². The van der Waals surface area contributed by atoms with Gasteiger partial charge in [-0.2, -0.15) is 0 Å². The lowest BCUT2D eigenvalue weighted by atomic mass is 9.96. The van der Waals surface area contributed by atoms with Crippen LogP contribution in [-0.2, 0) is 17.6 Å². The van der Waals surface area contributed by atoms with Crippen LogP contribution >= 0.6 is 11.3 Å². The molecule has 1 aliphatic heterocycles. The number of hydrogen-bond acceptors (Lipinski definition) is 6. The summed E-state index contributed by atoms with van der Waals surface area (Å²) in [6, 6.07) is 5.01. The molecule has 2 aromatic rings. The zero-order chi connectivity index (χ0) is 17.2. The first kappa shape index (κ1) is 16.1. The summed E-state index contributed by atoms with van der Waals surface area (Å²) in [6.07, 6.45) is 4.22. The van der Waals surface area contributed by atoms with Gasteiger partial charge in [-0.3, -0.25) is 4.79 Å². The van der Waals surface area contributed by atoms with E-state index in [1.54, 1.807) is 29.5 Å². The van der Waals surface area contributed by atoms with Crippen molar-refractivity contribution in [3.8, 4) is 11.5 Å². The van der Waals surface area contributed by atoms with Gasteiger partial charge in [-0.1, -0.05) is 0 Å². The van der Waals surface area contributed by atoms with Crippen molar-refractivity contribution in [2.24, 2.45) is 0 Å². The van der Waals surface area contributed by atoms with E-state index in [0.717, 1.165) is 24.8 Å². The van der Waals surface area contributed by atoms with Gasteiger partial charge < -0.3 is 14.2 Å². The molecule has 0 spiro atoms. The molecule has 1 aromatic carbocycles. The molecule has 25 heavy (non-hydrogen) atoms. The number of rotatable bonds is 4. The lowest BCUT2D eigenvalue weighted by molar-refractivity contribution is 0.0474. The maximum atomic E-state index is 12.3. The van der Waals surface area contributed by atoms with Gasteiger partial charge in [-0.25, -0.2) is 4.79 Å². The fourth-order valence-electron chi connectivity index (χ4n) is 3.17. The fourth-order valence-corrected chi connectivity index (χ4v) is 4.29. The Morgan fingerprint density at radius 3 is 2.76 bits per heavy atom. The normalized spacial score (nSPS) is 15.4. The summed E-state index contributed by atoms with van der Waals surface area (Å²) in [5.41, 5.74) is 2.17. The number of benzene rings is 1. The Kier molecular flexibility index (Phi) is 4.44. The second kappa shape index (κ2) is 6.88. The van der Waals surface area contributed by atoms with Gasteiger partial charge in [0.1, 0.15) is 13.2 Å². The van der Waals surface area contributed by atoms with Gasteiger partial charge in [-0.15, -0.1) is 11.3 Å². The molecule has 2 heterocycles. The largest absolute Gasteiger partial charge is 0.486 e. The molecule has 130 valence electrons. The van der Waals surface area contributed by atoms with Crippen LogP contribution in [0, 0.1) is 0 Å². The van der Waals surface area contributed by atoms with Gasteiger partial charge in [0.25, 0.3) is 0 Å². The van der Waals surface area contributed by atoms with Crippen LogP contribution in [0.2, 0.25) is 0 Å². The molecule has 0 radical (unpaired) electrons. The second-order valence-electron chi connectivity index (χ2n) is 6.12. The first-order valence-corrected chi connectivity index (χ1v) is 9.29. The van der Waals surface area contributed by atoms with Crippen LogP contribution in [0.4, 0.5) is 0 Å². The van der Waals surface area contributed by atoms with Crippen LogP contribution in [0.3, 0.4) is 0 Å². The summed E-state index contributed by atoms with van der Waals surface area (Å²) in [5, 5.41) is 1.85. The van der Waals surface area contributed by atoms with Gasteiger partial charge in [-0.05, 0) is 49.4 Å². The standard InChI is InChI=1S/C19H18O5S/c20-15(12-5-6-16-17(9-12)23-8-7-22-16)10-24-19(21)14-11-25-18-4-2-1-3-13(14)18/h5-6,9,11H,1-4,7-8,10H2. The molecule has 0 unspecified atom stereocenters. The van der Waals surface area contributed by atoms with Crippen LogP contribution in [0.25, 0.3) is 0 Å². The highest BCUT2D eigenvalue weighted by atomic mass is 32.1. The predicted molar refractivity (Wildman–Crippen MR) is 93.0 cm³/mol. The van der Waals surface area contributed by atoms with Gasteiger partial charge in [0, 0.05) is 15.8 Å². The van der Waals surface area contributed by atoms with E-state index in [4.69, 9.17) is 14.2 Å². The van der Waals surface area contributed by atoms with Crippen molar-refractivity contribution in [2.75, 3.05) is 19.8 Å². The molecule has 2 aliphatic rings. The summed E-state index contributed by atoms with van der Waals surface area (Å²) in [5.74, 6) is 0.514. The number of carbonyl (C=O) groups excluding carboxylic acids is 2. The van der Waals surface area contributed by atoms with Crippen molar-refractivity contribution in [3.63, 3.8) is 0 Å². The smallest absolute Gasteiger partial charge is 0.339 e. The Balaban J connectivity index is 1.42. The van der Waals surface area contributed by atoms with Gasteiger partial charge in [0.05, 0.1) is 5.56 Å². The molecule has 0 fully saturated rings. The maximum Gasteiger partial charge on any atom is 0.339 e. The van der Waals surface area contributed by atoms with Crippen molar-refractivity contribution >= 4 is 23.1 Å². The van der Waals surface area contributed by atoms with Crippen molar-refractivity contribution in [1.82, 2.24) is 0 Å². The highest BCUT2D eigenvalue weighted by Crippen LogP contribution is 2.32. The van der Waals surface area contributed by atoms with Crippen molar-refractivity contribution in [3.05, 3.63) is 45.1 Å². The fraction of sp³-hybridized carbons (Fsp3) is 0.368. The molecule has 6 heteroatoms. The predicted octanol–water partition coefficient (Wildman–Crippen LogP) is 3.44. The lowest BCUT2D eigenvalue weighted by Gasteiger charge is -2.18. The Bertz CT molecular complexity index is 823. The third kappa shape index (κ3) is 3.26. The lowest BCUT2D eigenvalue weighted by Crippen LogP contribution is -2.18. The minimum atomic E-state index is -0.412. The molecule has 0 bridgehead atoms. The number of fused-ring (bicyclic) bond motifs is 2. The number of esters is 1. The van der Waals surface area contributed by atoms with Gasteiger partial charge in [0.2, 0.25) is 0 Å². The van der Waals surface area contributed by atoms with E-state index in [2.05, 4.69) is 0 Å². The molecule has 4 rings (SSSR count). The third-order valence-electron chi connectivity index (χ3n) is 4.48. The summed E-state index contributed by atoms with van der Waals surface area (Å²) in [4.78, 5) is 25.9. The summed E-state index contributed by atoms with van der Waals surface area (Å²) in [7, 11) is 0. The molecule has 1 aromatic heterocycles. The van der Waals surface area contributed by atoms with Crippen LogP contribution in [0.5, 0.6) is 11.5 Å². The van der Waals surface area contributed by atoms with E-state index < -0.39 is 5.97 Å². The Morgan fingerprint density at radius 1 is 1.08 bits per heavy atom. The van der Waals surface area contributed by atoms with E-state index in [0.29, 0.717) is 35.8 Å². The summed E-state index contributed by atoms with van der Waals surface area (Å²) < 4.78 is 16.2. The molecule has 0 amide bonds. The van der Waals surface area contributed by atoms with E-state index >= 15 is 0 Å². The molecule has 0 saturated heterocycles. The molecular weight excluding hydrogens is 340 g/mol. The highest BCUT2D eigenvalue weighted by Gasteiger charge is 2.22. The van der Waals surface area contributed by atoms with Gasteiger partial charge >= 0.3 is 5.97 Å².